The van der Waals surface area contributed by atoms with Gasteiger partial charge in [-0.1, -0.05) is 18.2 Å². The third-order valence-corrected chi connectivity index (χ3v) is 5.03. The molecule has 0 atom stereocenters. The maximum atomic E-state index is 12.0. The quantitative estimate of drug-likeness (QED) is 0.935. The second kappa shape index (κ2) is 5.17. The Hall–Kier alpha value is -1.24. The van der Waals surface area contributed by atoms with E-state index in [1.165, 1.54) is 11.3 Å². The molecule has 1 aromatic heterocycles. The summed E-state index contributed by atoms with van der Waals surface area (Å²) in [6, 6.07) is 8.33. The van der Waals surface area contributed by atoms with Crippen LogP contribution in [0, 0.1) is 13.8 Å². The average Bonchev–Trinajstić information content (AvgIpc) is 2.68. The van der Waals surface area contributed by atoms with Crippen LogP contribution in [-0.2, 0) is 16.6 Å². The normalized spacial score (nSPS) is 11.7. The summed E-state index contributed by atoms with van der Waals surface area (Å²) >= 11 is 1.51. The van der Waals surface area contributed by atoms with Gasteiger partial charge in [0.25, 0.3) is 0 Å². The molecule has 0 saturated carbocycles. The van der Waals surface area contributed by atoms with Gasteiger partial charge in [0, 0.05) is 4.88 Å². The molecule has 0 saturated heterocycles. The first-order valence-corrected chi connectivity index (χ1v) is 7.76. The Morgan fingerprint density at radius 1 is 1.22 bits per heavy atom. The summed E-state index contributed by atoms with van der Waals surface area (Å²) in [5, 5.41) is 0.782. The molecule has 4 nitrogen and oxygen atoms in total. The number of aryl methyl sites for hydroxylation is 2. The summed E-state index contributed by atoms with van der Waals surface area (Å²) in [5.74, 6) is 0. The van der Waals surface area contributed by atoms with Crippen molar-refractivity contribution in [2.75, 3.05) is 0 Å². The summed E-state index contributed by atoms with van der Waals surface area (Å²) in [5.41, 5.74) is 0.953. The Bertz CT molecular complexity index is 614. The highest BCUT2D eigenvalue weighted by atomic mass is 32.2. The topological polar surface area (TPSA) is 59.1 Å². The molecule has 0 radical (unpaired) electrons. The molecule has 1 heterocycles. The molecule has 6 heteroatoms. The van der Waals surface area contributed by atoms with E-state index in [2.05, 4.69) is 9.71 Å². The summed E-state index contributed by atoms with van der Waals surface area (Å²) in [7, 11) is -3.45. The van der Waals surface area contributed by atoms with Crippen molar-refractivity contribution >= 4 is 21.4 Å². The molecule has 0 aliphatic carbocycles. The lowest BCUT2D eigenvalue weighted by Crippen LogP contribution is -2.23. The number of aromatic nitrogens is 1. The van der Waals surface area contributed by atoms with Gasteiger partial charge < -0.3 is 0 Å². The molecule has 18 heavy (non-hydrogen) atoms. The van der Waals surface area contributed by atoms with Gasteiger partial charge in [0.05, 0.1) is 17.1 Å². The molecule has 2 rings (SSSR count). The molecule has 0 aliphatic heterocycles. The van der Waals surface area contributed by atoms with Gasteiger partial charge in [-0.05, 0) is 26.0 Å². The smallest absolute Gasteiger partial charge is 0.240 e. The molecule has 0 aliphatic rings. The summed E-state index contributed by atoms with van der Waals surface area (Å²) in [6.07, 6.45) is 0. The van der Waals surface area contributed by atoms with Gasteiger partial charge in [0.2, 0.25) is 10.0 Å². The summed E-state index contributed by atoms with van der Waals surface area (Å²) in [4.78, 5) is 5.69. The first kappa shape index (κ1) is 13.2. The third kappa shape index (κ3) is 2.95. The minimum absolute atomic E-state index is 0.233. The molecule has 96 valence electrons. The van der Waals surface area contributed by atoms with Crippen molar-refractivity contribution in [1.82, 2.24) is 9.71 Å². The van der Waals surface area contributed by atoms with Crippen molar-refractivity contribution in [2.45, 2.75) is 25.3 Å². The van der Waals surface area contributed by atoms with E-state index in [4.69, 9.17) is 0 Å². The van der Waals surface area contributed by atoms with E-state index in [0.29, 0.717) is 0 Å². The number of sulfonamides is 1. The predicted octanol–water partition coefficient (Wildman–Crippen LogP) is 2.24. The highest BCUT2D eigenvalue weighted by molar-refractivity contribution is 7.89. The van der Waals surface area contributed by atoms with Gasteiger partial charge in [-0.3, -0.25) is 0 Å². The van der Waals surface area contributed by atoms with Crippen LogP contribution < -0.4 is 4.72 Å². The van der Waals surface area contributed by atoms with Crippen molar-refractivity contribution in [3.8, 4) is 0 Å². The number of nitrogens with one attached hydrogen (secondary N) is 1. The lowest BCUT2D eigenvalue weighted by atomic mass is 10.4. The van der Waals surface area contributed by atoms with Crippen molar-refractivity contribution in [3.63, 3.8) is 0 Å². The van der Waals surface area contributed by atoms with Crippen molar-refractivity contribution in [3.05, 3.63) is 45.9 Å². The number of benzene rings is 1. The van der Waals surface area contributed by atoms with Gasteiger partial charge in [0.1, 0.15) is 5.01 Å². The Kier molecular flexibility index (Phi) is 3.79. The number of rotatable bonds is 4. The molecule has 1 N–H and O–H groups in total. The first-order chi connectivity index (χ1) is 8.49. The van der Waals surface area contributed by atoms with Crippen molar-refractivity contribution in [2.24, 2.45) is 0 Å². The third-order valence-electron chi connectivity index (χ3n) is 2.54. The molecule has 2 aromatic rings. The lowest BCUT2D eigenvalue weighted by molar-refractivity contribution is 0.581. The molecule has 0 unspecified atom stereocenters. The van der Waals surface area contributed by atoms with Gasteiger partial charge in [-0.2, -0.15) is 0 Å². The standard InChI is InChI=1S/C12H14N2O2S2/c1-9-10(2)17-12(14-9)8-13-18(15,16)11-6-4-3-5-7-11/h3-7,13H,8H2,1-2H3. The van der Waals surface area contributed by atoms with E-state index >= 15 is 0 Å². The minimum atomic E-state index is -3.45. The fourth-order valence-corrected chi connectivity index (χ4v) is 3.43. The number of hydrogen-bond acceptors (Lipinski definition) is 4. The average molecular weight is 282 g/mol. The second-order valence-corrected chi connectivity index (χ2v) is 6.94. The Balaban J connectivity index is 2.10. The lowest BCUT2D eigenvalue weighted by Gasteiger charge is -2.04. The molecule has 0 bridgehead atoms. The monoisotopic (exact) mass is 282 g/mol. The van der Waals surface area contributed by atoms with Crippen LogP contribution in [0.1, 0.15) is 15.6 Å². The highest BCUT2D eigenvalue weighted by Crippen LogP contribution is 2.17. The Morgan fingerprint density at radius 2 is 1.89 bits per heavy atom. The number of thiazole rings is 1. The van der Waals surface area contributed by atoms with Gasteiger partial charge in [-0.15, -0.1) is 11.3 Å². The van der Waals surface area contributed by atoms with E-state index in [1.807, 2.05) is 13.8 Å². The zero-order valence-electron chi connectivity index (χ0n) is 10.2. The first-order valence-electron chi connectivity index (χ1n) is 5.46. The largest absolute Gasteiger partial charge is 0.245 e. The molecular weight excluding hydrogens is 268 g/mol. The van der Waals surface area contributed by atoms with Crippen LogP contribution in [-0.4, -0.2) is 13.4 Å². The predicted molar refractivity (Wildman–Crippen MR) is 72.1 cm³/mol. The zero-order chi connectivity index (χ0) is 13.2. The van der Waals surface area contributed by atoms with Crippen LogP contribution in [0.4, 0.5) is 0 Å². The van der Waals surface area contributed by atoms with Crippen LogP contribution in [0.3, 0.4) is 0 Å². The van der Waals surface area contributed by atoms with Crippen molar-refractivity contribution in [1.29, 1.82) is 0 Å². The van der Waals surface area contributed by atoms with Gasteiger partial charge in [0.15, 0.2) is 0 Å². The summed E-state index contributed by atoms with van der Waals surface area (Å²) < 4.78 is 26.5. The van der Waals surface area contributed by atoms with Gasteiger partial charge >= 0.3 is 0 Å². The summed E-state index contributed by atoms with van der Waals surface area (Å²) in [6.45, 7) is 4.12. The molecule has 0 spiro atoms. The van der Waals surface area contributed by atoms with E-state index in [0.717, 1.165) is 15.6 Å². The molecule has 1 aromatic carbocycles. The molecule has 0 fully saturated rings. The Labute approximate surface area is 111 Å². The fraction of sp³-hybridized carbons (Fsp3) is 0.250. The van der Waals surface area contributed by atoms with Crippen LogP contribution in [0.15, 0.2) is 35.2 Å². The molecule has 0 amide bonds. The van der Waals surface area contributed by atoms with E-state index in [9.17, 15) is 8.42 Å². The minimum Gasteiger partial charge on any atom is -0.245 e. The SMILES string of the molecule is Cc1nc(CNS(=O)(=O)c2ccccc2)sc1C. The van der Waals surface area contributed by atoms with Crippen LogP contribution >= 0.6 is 11.3 Å². The van der Waals surface area contributed by atoms with E-state index < -0.39 is 10.0 Å². The fourth-order valence-electron chi connectivity index (χ4n) is 1.45. The van der Waals surface area contributed by atoms with E-state index in [1.54, 1.807) is 30.3 Å². The zero-order valence-corrected chi connectivity index (χ0v) is 11.8. The molecular formula is C12H14N2O2S2. The van der Waals surface area contributed by atoms with Crippen LogP contribution in [0.5, 0.6) is 0 Å². The van der Waals surface area contributed by atoms with Crippen molar-refractivity contribution < 1.29 is 8.42 Å². The van der Waals surface area contributed by atoms with Crippen LogP contribution in [0.2, 0.25) is 0 Å². The maximum Gasteiger partial charge on any atom is 0.240 e. The van der Waals surface area contributed by atoms with E-state index in [-0.39, 0.29) is 11.4 Å². The van der Waals surface area contributed by atoms with Gasteiger partial charge in [-0.25, -0.2) is 18.1 Å². The maximum absolute atomic E-state index is 12.0. The number of hydrogen-bond donors (Lipinski definition) is 1. The Morgan fingerprint density at radius 3 is 2.44 bits per heavy atom. The highest BCUT2D eigenvalue weighted by Gasteiger charge is 2.14. The second-order valence-electron chi connectivity index (χ2n) is 3.89. The van der Waals surface area contributed by atoms with Crippen LogP contribution in [0.25, 0.3) is 0 Å². The number of nitrogens with zero attached hydrogens (tertiary/aromatic N) is 1.